The molecule has 0 amide bonds. The summed E-state index contributed by atoms with van der Waals surface area (Å²) in [6.45, 7) is 7.34. The van der Waals surface area contributed by atoms with E-state index in [1.807, 2.05) is 30.3 Å². The second-order valence-electron chi connectivity index (χ2n) is 5.96. The normalized spacial score (nSPS) is 21.3. The quantitative estimate of drug-likeness (QED) is 0.829. The van der Waals surface area contributed by atoms with Crippen molar-refractivity contribution in [2.24, 2.45) is 5.41 Å². The van der Waals surface area contributed by atoms with Gasteiger partial charge in [-0.25, -0.2) is 0 Å². The lowest BCUT2D eigenvalue weighted by molar-refractivity contribution is 0.0261. The molecule has 1 aliphatic heterocycles. The Morgan fingerprint density at radius 2 is 1.94 bits per heavy atom. The number of hydrogen-bond donors (Lipinski definition) is 1. The van der Waals surface area contributed by atoms with Gasteiger partial charge in [-0.05, 0) is 12.0 Å². The number of rotatable bonds is 2. The molecule has 1 aromatic carbocycles. The summed E-state index contributed by atoms with van der Waals surface area (Å²) < 4.78 is 0. The summed E-state index contributed by atoms with van der Waals surface area (Å²) in [5.74, 6) is 0. The number of likely N-dealkylation sites (tertiary alicyclic amines) is 1. The van der Waals surface area contributed by atoms with Crippen molar-refractivity contribution in [2.75, 3.05) is 6.54 Å². The van der Waals surface area contributed by atoms with Crippen molar-refractivity contribution in [1.29, 1.82) is 0 Å². The smallest absolute Gasteiger partial charge is 0.0993 e. The zero-order valence-corrected chi connectivity index (χ0v) is 12.1. The van der Waals surface area contributed by atoms with E-state index in [9.17, 15) is 5.11 Å². The zero-order valence-electron chi connectivity index (χ0n) is 11.3. The molecule has 0 aliphatic carbocycles. The van der Waals surface area contributed by atoms with E-state index in [0.717, 1.165) is 23.5 Å². The van der Waals surface area contributed by atoms with Crippen molar-refractivity contribution in [3.63, 3.8) is 0 Å². The molecule has 1 saturated heterocycles. The van der Waals surface area contributed by atoms with Gasteiger partial charge in [0, 0.05) is 12.0 Å². The molecule has 1 aliphatic rings. The van der Waals surface area contributed by atoms with Gasteiger partial charge in [-0.2, -0.15) is 0 Å². The maximum Gasteiger partial charge on any atom is 0.0993 e. The molecule has 3 heteroatoms. The first-order valence-corrected chi connectivity index (χ1v) is 6.86. The lowest BCUT2D eigenvalue weighted by Crippen LogP contribution is -2.56. The first kappa shape index (κ1) is 13.5. The minimum atomic E-state index is -0.444. The number of thiocarbonyl (C=S) groups is 1. The van der Waals surface area contributed by atoms with Crippen molar-refractivity contribution in [3.05, 3.63) is 35.9 Å². The van der Waals surface area contributed by atoms with Crippen molar-refractivity contribution in [2.45, 2.75) is 39.3 Å². The van der Waals surface area contributed by atoms with Crippen molar-refractivity contribution >= 4 is 17.2 Å². The monoisotopic (exact) mass is 263 g/mol. The molecule has 0 saturated carbocycles. The van der Waals surface area contributed by atoms with Crippen molar-refractivity contribution in [1.82, 2.24) is 4.90 Å². The van der Waals surface area contributed by atoms with Gasteiger partial charge < -0.3 is 10.0 Å². The molecular weight excluding hydrogens is 242 g/mol. The van der Waals surface area contributed by atoms with Crippen LogP contribution in [-0.2, 0) is 0 Å². The summed E-state index contributed by atoms with van der Waals surface area (Å²) in [4.78, 5) is 3.13. The minimum absolute atomic E-state index is 0.00951. The number of hydrogen-bond acceptors (Lipinski definition) is 2. The molecule has 2 atom stereocenters. The van der Waals surface area contributed by atoms with E-state index >= 15 is 0 Å². The molecule has 2 nitrogen and oxygen atoms in total. The van der Waals surface area contributed by atoms with E-state index in [0.29, 0.717) is 0 Å². The Morgan fingerprint density at radius 3 is 2.39 bits per heavy atom. The van der Waals surface area contributed by atoms with Gasteiger partial charge in [0.15, 0.2) is 0 Å². The highest BCUT2D eigenvalue weighted by molar-refractivity contribution is 7.80. The molecule has 18 heavy (non-hydrogen) atoms. The van der Waals surface area contributed by atoms with E-state index in [-0.39, 0.29) is 11.5 Å². The van der Waals surface area contributed by atoms with Gasteiger partial charge in [0.2, 0.25) is 0 Å². The predicted molar refractivity (Wildman–Crippen MR) is 78.6 cm³/mol. The first-order valence-electron chi connectivity index (χ1n) is 6.45. The molecule has 0 aromatic heterocycles. The Labute approximate surface area is 115 Å². The van der Waals surface area contributed by atoms with Crippen LogP contribution in [0.1, 0.15) is 38.9 Å². The standard InChI is InChI=1S/C15H21NOS/c1-15(2,3)14(18)16-10-9-12(16)13(17)11-7-5-4-6-8-11/h4-8,12-13,17H,9-10H2,1-3H3/t12-,13+/m0/s1. The SMILES string of the molecule is CC(C)(C)C(=S)N1CC[C@H]1[C@H](O)c1ccccc1. The van der Waals surface area contributed by atoms with Gasteiger partial charge in [-0.15, -0.1) is 0 Å². The largest absolute Gasteiger partial charge is 0.386 e. The molecule has 2 rings (SSSR count). The third kappa shape index (κ3) is 2.57. The highest BCUT2D eigenvalue weighted by atomic mass is 32.1. The highest BCUT2D eigenvalue weighted by Crippen LogP contribution is 2.34. The van der Waals surface area contributed by atoms with Crippen LogP contribution in [0.25, 0.3) is 0 Å². The number of benzene rings is 1. The third-order valence-electron chi connectivity index (χ3n) is 3.47. The van der Waals surface area contributed by atoms with Crippen LogP contribution < -0.4 is 0 Å². The lowest BCUT2D eigenvalue weighted by atomic mass is 9.87. The fraction of sp³-hybridized carbons (Fsp3) is 0.533. The average molecular weight is 263 g/mol. The van der Waals surface area contributed by atoms with E-state index in [4.69, 9.17) is 12.2 Å². The Hall–Kier alpha value is -0.930. The van der Waals surface area contributed by atoms with Crippen LogP contribution in [0, 0.1) is 5.41 Å². The van der Waals surface area contributed by atoms with Crippen LogP contribution in [0.2, 0.25) is 0 Å². The van der Waals surface area contributed by atoms with Crippen molar-refractivity contribution < 1.29 is 5.11 Å². The van der Waals surface area contributed by atoms with Gasteiger partial charge in [0.25, 0.3) is 0 Å². The Balaban J connectivity index is 2.09. The van der Waals surface area contributed by atoms with Gasteiger partial charge in [-0.3, -0.25) is 0 Å². The van der Waals surface area contributed by atoms with Gasteiger partial charge in [-0.1, -0.05) is 63.3 Å². The number of nitrogens with zero attached hydrogens (tertiary/aromatic N) is 1. The van der Waals surface area contributed by atoms with Crippen LogP contribution in [-0.4, -0.2) is 27.6 Å². The van der Waals surface area contributed by atoms with E-state index in [1.54, 1.807) is 0 Å². The molecule has 1 fully saturated rings. The maximum atomic E-state index is 10.4. The predicted octanol–water partition coefficient (Wildman–Crippen LogP) is 3.17. The van der Waals surface area contributed by atoms with E-state index in [1.165, 1.54) is 0 Å². The summed E-state index contributed by atoms with van der Waals surface area (Å²) in [5, 5.41) is 10.4. The third-order valence-corrected chi connectivity index (χ3v) is 4.32. The van der Waals surface area contributed by atoms with Gasteiger partial charge in [0.05, 0.1) is 17.1 Å². The topological polar surface area (TPSA) is 23.5 Å². The van der Waals surface area contributed by atoms with Crippen LogP contribution in [0.5, 0.6) is 0 Å². The summed E-state index contributed by atoms with van der Waals surface area (Å²) >= 11 is 5.53. The Morgan fingerprint density at radius 1 is 1.33 bits per heavy atom. The Kier molecular flexibility index (Phi) is 3.74. The van der Waals surface area contributed by atoms with E-state index in [2.05, 4.69) is 25.7 Å². The summed E-state index contributed by atoms with van der Waals surface area (Å²) in [6.07, 6.45) is 0.562. The fourth-order valence-electron chi connectivity index (χ4n) is 2.29. The highest BCUT2D eigenvalue weighted by Gasteiger charge is 2.39. The summed E-state index contributed by atoms with van der Waals surface area (Å²) in [5.41, 5.74) is 0.966. The van der Waals surface area contributed by atoms with E-state index < -0.39 is 6.10 Å². The molecule has 0 spiro atoms. The molecule has 0 bridgehead atoms. The number of aliphatic hydroxyl groups is 1. The lowest BCUT2D eigenvalue weighted by Gasteiger charge is -2.48. The zero-order chi connectivity index (χ0) is 13.3. The average Bonchev–Trinajstić information content (AvgIpc) is 2.27. The molecule has 1 N–H and O–H groups in total. The van der Waals surface area contributed by atoms with Gasteiger partial charge in [0.1, 0.15) is 0 Å². The minimum Gasteiger partial charge on any atom is -0.386 e. The summed E-state index contributed by atoms with van der Waals surface area (Å²) in [6, 6.07) is 9.98. The molecular formula is C15H21NOS. The van der Waals surface area contributed by atoms with Crippen LogP contribution in [0.15, 0.2) is 30.3 Å². The van der Waals surface area contributed by atoms with Crippen LogP contribution in [0.3, 0.4) is 0 Å². The molecule has 98 valence electrons. The first-order chi connectivity index (χ1) is 8.41. The number of aliphatic hydroxyl groups excluding tert-OH is 1. The molecule has 0 unspecified atom stereocenters. The van der Waals surface area contributed by atoms with Crippen LogP contribution in [0.4, 0.5) is 0 Å². The fourth-order valence-corrected chi connectivity index (χ4v) is 2.52. The second-order valence-corrected chi connectivity index (χ2v) is 6.35. The molecule has 1 aromatic rings. The van der Waals surface area contributed by atoms with Crippen molar-refractivity contribution in [3.8, 4) is 0 Å². The second kappa shape index (κ2) is 4.98. The maximum absolute atomic E-state index is 10.4. The Bertz CT molecular complexity index is 424. The van der Waals surface area contributed by atoms with Crippen LogP contribution >= 0.6 is 12.2 Å². The summed E-state index contributed by atoms with van der Waals surface area (Å²) in [7, 11) is 0. The molecule has 0 radical (unpaired) electrons. The molecule has 1 heterocycles. The van der Waals surface area contributed by atoms with Gasteiger partial charge >= 0.3 is 0 Å².